The van der Waals surface area contributed by atoms with Crippen molar-refractivity contribution in [1.82, 2.24) is 5.32 Å². The number of nitrogens with zero attached hydrogens (tertiary/aromatic N) is 1. The van der Waals surface area contributed by atoms with E-state index in [1.54, 1.807) is 36.4 Å². The van der Waals surface area contributed by atoms with Crippen molar-refractivity contribution in [2.75, 3.05) is 13.2 Å². The maximum Gasteiger partial charge on any atom is 0.294 e. The number of nitroso groups, excluding NO2 is 1. The van der Waals surface area contributed by atoms with Crippen LogP contribution in [0.5, 0.6) is 17.2 Å². The molecule has 180 valence electrons. The highest BCUT2D eigenvalue weighted by molar-refractivity contribution is 6.32. The van der Waals surface area contributed by atoms with Crippen LogP contribution in [0.15, 0.2) is 65.8 Å². The van der Waals surface area contributed by atoms with Gasteiger partial charge >= 0.3 is 0 Å². The first-order chi connectivity index (χ1) is 16.9. The number of hydrogen-bond donors (Lipinski definition) is 1. The summed E-state index contributed by atoms with van der Waals surface area (Å²) >= 11 is 12.3. The number of ether oxygens (including phenoxy) is 2. The lowest BCUT2D eigenvalue weighted by Crippen LogP contribution is -2.24. The zero-order valence-electron chi connectivity index (χ0n) is 18.6. The van der Waals surface area contributed by atoms with E-state index in [9.17, 15) is 14.5 Å². The molecule has 0 bridgehead atoms. The van der Waals surface area contributed by atoms with E-state index in [0.717, 1.165) is 12.8 Å². The van der Waals surface area contributed by atoms with Gasteiger partial charge in [0.15, 0.2) is 0 Å². The summed E-state index contributed by atoms with van der Waals surface area (Å²) in [7, 11) is 0. The summed E-state index contributed by atoms with van der Waals surface area (Å²) in [5, 5.41) is 6.41. The highest BCUT2D eigenvalue weighted by Gasteiger charge is 2.30. The minimum absolute atomic E-state index is 0.174. The maximum atomic E-state index is 12.4. The quantitative estimate of drug-likeness (QED) is 0.282. The first kappa shape index (κ1) is 24.7. The lowest BCUT2D eigenvalue weighted by atomic mass is 9.92. The van der Waals surface area contributed by atoms with Gasteiger partial charge in [0, 0.05) is 33.9 Å². The standard InChI is InChI=1S/C26H22Cl2N2O5/c27-18-7-3-16(4-8-18)2-1-12-29-25(31)17-5-9-19(10-6-17)35-24-15-23-21(14-22(24)28)20(11-13-34-23)26(32)30-33/h3-10,14-15,20H,1-2,11-13H2,(H,29,31). The van der Waals surface area contributed by atoms with Gasteiger partial charge in [0.25, 0.3) is 11.8 Å². The number of fused-ring (bicyclic) bond motifs is 1. The van der Waals surface area contributed by atoms with Crippen molar-refractivity contribution in [3.8, 4) is 17.2 Å². The molecule has 35 heavy (non-hydrogen) atoms. The van der Waals surface area contributed by atoms with E-state index < -0.39 is 11.8 Å². The Hall–Kier alpha value is -3.42. The van der Waals surface area contributed by atoms with Gasteiger partial charge in [0.1, 0.15) is 17.2 Å². The maximum absolute atomic E-state index is 12.4. The number of halogens is 2. The molecule has 1 aliphatic rings. The van der Waals surface area contributed by atoms with E-state index in [4.69, 9.17) is 32.7 Å². The Kier molecular flexibility index (Phi) is 8.00. The predicted octanol–water partition coefficient (Wildman–Crippen LogP) is 6.31. The fourth-order valence-electron chi connectivity index (χ4n) is 3.84. The number of benzene rings is 3. The van der Waals surface area contributed by atoms with E-state index in [-0.39, 0.29) is 17.5 Å². The third kappa shape index (κ3) is 6.18. The number of carbonyl (C=O) groups excluding carboxylic acids is 2. The molecule has 3 aromatic rings. The van der Waals surface area contributed by atoms with Crippen molar-refractivity contribution >= 4 is 35.0 Å². The van der Waals surface area contributed by atoms with E-state index in [0.29, 0.717) is 46.4 Å². The van der Waals surface area contributed by atoms with Gasteiger partial charge in [0.05, 0.1) is 17.5 Å². The van der Waals surface area contributed by atoms with Gasteiger partial charge in [-0.2, -0.15) is 0 Å². The molecule has 1 aliphatic heterocycles. The molecular formula is C26H22Cl2N2O5. The van der Waals surface area contributed by atoms with Gasteiger partial charge in [-0.15, -0.1) is 4.91 Å². The highest BCUT2D eigenvalue weighted by atomic mass is 35.5. The zero-order valence-corrected chi connectivity index (χ0v) is 20.1. The molecule has 4 rings (SSSR count). The first-order valence-corrected chi connectivity index (χ1v) is 11.8. The Morgan fingerprint density at radius 1 is 1.06 bits per heavy atom. The number of nitrogens with one attached hydrogen (secondary N) is 1. The van der Waals surface area contributed by atoms with Crippen LogP contribution < -0.4 is 14.8 Å². The van der Waals surface area contributed by atoms with Crippen molar-refractivity contribution in [1.29, 1.82) is 0 Å². The van der Waals surface area contributed by atoms with Gasteiger partial charge in [-0.25, -0.2) is 0 Å². The predicted molar refractivity (Wildman–Crippen MR) is 134 cm³/mol. The van der Waals surface area contributed by atoms with Crippen molar-refractivity contribution in [2.24, 2.45) is 5.18 Å². The van der Waals surface area contributed by atoms with Crippen LogP contribution in [0.2, 0.25) is 10.0 Å². The second-order valence-corrected chi connectivity index (χ2v) is 8.90. The fraction of sp³-hybridized carbons (Fsp3) is 0.231. The monoisotopic (exact) mass is 512 g/mol. The Morgan fingerprint density at radius 2 is 1.80 bits per heavy atom. The van der Waals surface area contributed by atoms with Crippen LogP contribution in [-0.4, -0.2) is 25.0 Å². The van der Waals surface area contributed by atoms with Crippen LogP contribution in [0.3, 0.4) is 0 Å². The Bertz CT molecular complexity index is 1230. The SMILES string of the molecule is O=NC(=O)C1CCOc2cc(Oc3ccc(C(=O)NCCCc4ccc(Cl)cc4)cc3)c(Cl)cc21. The highest BCUT2D eigenvalue weighted by Crippen LogP contribution is 2.42. The van der Waals surface area contributed by atoms with E-state index in [1.165, 1.54) is 5.56 Å². The molecule has 0 radical (unpaired) electrons. The van der Waals surface area contributed by atoms with Crippen LogP contribution in [0.25, 0.3) is 0 Å². The molecule has 3 aromatic carbocycles. The summed E-state index contributed by atoms with van der Waals surface area (Å²) in [4.78, 5) is 34.9. The molecular weight excluding hydrogens is 491 g/mol. The summed E-state index contributed by atoms with van der Waals surface area (Å²) < 4.78 is 11.5. The molecule has 2 amide bonds. The number of amides is 2. The summed E-state index contributed by atoms with van der Waals surface area (Å²) in [6.07, 6.45) is 2.01. The van der Waals surface area contributed by atoms with Crippen LogP contribution in [0.1, 0.15) is 40.2 Å². The lowest BCUT2D eigenvalue weighted by molar-refractivity contribution is -0.119. The van der Waals surface area contributed by atoms with Crippen molar-refractivity contribution < 1.29 is 19.1 Å². The second-order valence-electron chi connectivity index (χ2n) is 8.05. The Labute approximate surface area is 212 Å². The van der Waals surface area contributed by atoms with Crippen molar-refractivity contribution in [3.63, 3.8) is 0 Å². The summed E-state index contributed by atoms with van der Waals surface area (Å²) in [5.74, 6) is -0.370. The first-order valence-electron chi connectivity index (χ1n) is 11.1. The van der Waals surface area contributed by atoms with Gasteiger partial charge in [-0.3, -0.25) is 9.59 Å². The zero-order chi connectivity index (χ0) is 24.8. The van der Waals surface area contributed by atoms with E-state index in [1.807, 2.05) is 24.3 Å². The molecule has 0 aromatic heterocycles. The summed E-state index contributed by atoms with van der Waals surface area (Å²) in [6.45, 7) is 0.830. The molecule has 1 unspecified atom stereocenters. The molecule has 0 saturated carbocycles. The topological polar surface area (TPSA) is 94.1 Å². The second kappa shape index (κ2) is 11.3. The molecule has 0 aliphatic carbocycles. The molecule has 0 spiro atoms. The minimum atomic E-state index is -0.752. The molecule has 1 N–H and O–H groups in total. The number of rotatable bonds is 8. The Balaban J connectivity index is 1.34. The van der Waals surface area contributed by atoms with Gasteiger partial charge in [-0.05, 0) is 67.3 Å². The van der Waals surface area contributed by atoms with Gasteiger partial charge in [-0.1, -0.05) is 35.3 Å². The summed E-state index contributed by atoms with van der Waals surface area (Å²) in [5.41, 5.74) is 2.19. The normalized spacial score (nSPS) is 14.4. The molecule has 0 fully saturated rings. The van der Waals surface area contributed by atoms with Crippen molar-refractivity contribution in [3.05, 3.63) is 92.3 Å². The number of carbonyl (C=O) groups is 2. The van der Waals surface area contributed by atoms with Crippen LogP contribution in [0.4, 0.5) is 0 Å². The fourth-order valence-corrected chi connectivity index (χ4v) is 4.17. The average Bonchev–Trinajstić information content (AvgIpc) is 2.87. The molecule has 7 nitrogen and oxygen atoms in total. The van der Waals surface area contributed by atoms with Crippen LogP contribution >= 0.6 is 23.2 Å². The van der Waals surface area contributed by atoms with Crippen LogP contribution in [-0.2, 0) is 11.2 Å². The Morgan fingerprint density at radius 3 is 2.51 bits per heavy atom. The van der Waals surface area contributed by atoms with Gasteiger partial charge in [0.2, 0.25) is 0 Å². The lowest BCUT2D eigenvalue weighted by Gasteiger charge is -2.24. The molecule has 1 atom stereocenters. The third-order valence-electron chi connectivity index (χ3n) is 5.68. The molecule has 0 saturated heterocycles. The van der Waals surface area contributed by atoms with Gasteiger partial charge < -0.3 is 14.8 Å². The molecule has 9 heteroatoms. The minimum Gasteiger partial charge on any atom is -0.493 e. The summed E-state index contributed by atoms with van der Waals surface area (Å²) in [6, 6.07) is 17.5. The number of hydrogen-bond acceptors (Lipinski definition) is 5. The van der Waals surface area contributed by atoms with Crippen LogP contribution in [0, 0.1) is 4.91 Å². The van der Waals surface area contributed by atoms with E-state index >= 15 is 0 Å². The molecule has 1 heterocycles. The number of aryl methyl sites for hydroxylation is 1. The average molecular weight is 513 g/mol. The largest absolute Gasteiger partial charge is 0.493 e. The smallest absolute Gasteiger partial charge is 0.294 e. The van der Waals surface area contributed by atoms with E-state index in [2.05, 4.69) is 10.5 Å². The third-order valence-corrected chi connectivity index (χ3v) is 6.22. The van der Waals surface area contributed by atoms with Crippen molar-refractivity contribution in [2.45, 2.75) is 25.2 Å².